The number of carbonyl (C=O) groups excluding carboxylic acids is 2. The summed E-state index contributed by atoms with van der Waals surface area (Å²) in [6, 6.07) is 6.54. The van der Waals surface area contributed by atoms with E-state index in [1.807, 2.05) is 18.9 Å². The molecule has 138 valence electrons. The van der Waals surface area contributed by atoms with Crippen LogP contribution >= 0.6 is 0 Å². The van der Waals surface area contributed by atoms with E-state index in [2.05, 4.69) is 37.4 Å². The Labute approximate surface area is 151 Å². The van der Waals surface area contributed by atoms with Crippen LogP contribution in [0.1, 0.15) is 37.0 Å². The van der Waals surface area contributed by atoms with Gasteiger partial charge in [0.1, 0.15) is 0 Å². The van der Waals surface area contributed by atoms with Gasteiger partial charge in [0.05, 0.1) is 0 Å². The highest BCUT2D eigenvalue weighted by Gasteiger charge is 2.26. The van der Waals surface area contributed by atoms with E-state index in [0.717, 1.165) is 25.9 Å². The van der Waals surface area contributed by atoms with Gasteiger partial charge in [0.15, 0.2) is 0 Å². The SMILES string of the molecule is CC(=O)N1CC[C@H](CN(C)C(=O)N[C@@H](C)Cc2cc(C)cc(C)c2)C1. The largest absolute Gasteiger partial charge is 0.343 e. The zero-order valence-corrected chi connectivity index (χ0v) is 16.1. The van der Waals surface area contributed by atoms with E-state index in [1.54, 1.807) is 11.8 Å². The zero-order valence-electron chi connectivity index (χ0n) is 16.1. The molecule has 1 N–H and O–H groups in total. The molecule has 2 rings (SSSR count). The topological polar surface area (TPSA) is 52.7 Å². The Morgan fingerprint density at radius 3 is 2.48 bits per heavy atom. The van der Waals surface area contributed by atoms with Gasteiger partial charge in [-0.1, -0.05) is 29.3 Å². The lowest BCUT2D eigenvalue weighted by molar-refractivity contribution is -0.127. The number of rotatable bonds is 5. The van der Waals surface area contributed by atoms with Crippen molar-refractivity contribution in [3.63, 3.8) is 0 Å². The maximum absolute atomic E-state index is 12.4. The van der Waals surface area contributed by atoms with Crippen molar-refractivity contribution in [2.45, 2.75) is 46.6 Å². The molecule has 0 aliphatic carbocycles. The number of likely N-dealkylation sites (tertiary alicyclic amines) is 1. The Kier molecular flexibility index (Phi) is 6.45. The number of hydrogen-bond acceptors (Lipinski definition) is 2. The molecule has 0 bridgehead atoms. The number of urea groups is 1. The zero-order chi connectivity index (χ0) is 18.6. The van der Waals surface area contributed by atoms with Crippen LogP contribution in [0.15, 0.2) is 18.2 Å². The van der Waals surface area contributed by atoms with Crippen LogP contribution in [0.25, 0.3) is 0 Å². The van der Waals surface area contributed by atoms with Crippen molar-refractivity contribution >= 4 is 11.9 Å². The second-order valence-corrected chi connectivity index (χ2v) is 7.55. The van der Waals surface area contributed by atoms with Gasteiger partial charge < -0.3 is 15.1 Å². The van der Waals surface area contributed by atoms with Gasteiger partial charge in [-0.25, -0.2) is 4.79 Å². The van der Waals surface area contributed by atoms with Crippen LogP contribution in [-0.4, -0.2) is 54.5 Å². The first-order chi connectivity index (χ1) is 11.7. The fourth-order valence-electron chi connectivity index (χ4n) is 3.65. The maximum Gasteiger partial charge on any atom is 0.317 e. The summed E-state index contributed by atoms with van der Waals surface area (Å²) < 4.78 is 0. The van der Waals surface area contributed by atoms with Gasteiger partial charge >= 0.3 is 6.03 Å². The van der Waals surface area contributed by atoms with Gasteiger partial charge in [-0.3, -0.25) is 4.79 Å². The van der Waals surface area contributed by atoms with Crippen LogP contribution in [0, 0.1) is 19.8 Å². The number of benzene rings is 1. The van der Waals surface area contributed by atoms with Crippen LogP contribution in [0.3, 0.4) is 0 Å². The fraction of sp³-hybridized carbons (Fsp3) is 0.600. The molecule has 1 aromatic rings. The molecular weight excluding hydrogens is 314 g/mol. The Bertz CT molecular complexity index is 609. The predicted octanol–water partition coefficient (Wildman–Crippen LogP) is 2.74. The van der Waals surface area contributed by atoms with E-state index in [-0.39, 0.29) is 18.0 Å². The summed E-state index contributed by atoms with van der Waals surface area (Å²) in [5, 5.41) is 3.08. The molecule has 0 radical (unpaired) electrons. The molecule has 5 heteroatoms. The molecule has 0 aromatic heterocycles. The fourth-order valence-corrected chi connectivity index (χ4v) is 3.65. The van der Waals surface area contributed by atoms with E-state index in [1.165, 1.54) is 16.7 Å². The molecule has 5 nitrogen and oxygen atoms in total. The van der Waals surface area contributed by atoms with Crippen molar-refractivity contribution in [3.05, 3.63) is 34.9 Å². The maximum atomic E-state index is 12.4. The first-order valence-corrected chi connectivity index (χ1v) is 9.09. The summed E-state index contributed by atoms with van der Waals surface area (Å²) in [4.78, 5) is 27.4. The van der Waals surface area contributed by atoms with E-state index < -0.39 is 0 Å². The normalized spacial score (nSPS) is 18.1. The van der Waals surface area contributed by atoms with Crippen molar-refractivity contribution in [1.82, 2.24) is 15.1 Å². The number of carbonyl (C=O) groups is 2. The molecule has 0 saturated carbocycles. The van der Waals surface area contributed by atoms with Crippen LogP contribution in [0.5, 0.6) is 0 Å². The molecular formula is C20H31N3O2. The number of nitrogens with zero attached hydrogens (tertiary/aromatic N) is 2. The summed E-state index contributed by atoms with van der Waals surface area (Å²) in [7, 11) is 1.83. The first-order valence-electron chi connectivity index (χ1n) is 9.09. The van der Waals surface area contributed by atoms with E-state index in [0.29, 0.717) is 12.5 Å². The minimum absolute atomic E-state index is 0.0434. The summed E-state index contributed by atoms with van der Waals surface area (Å²) in [5.74, 6) is 0.492. The second-order valence-electron chi connectivity index (χ2n) is 7.55. The third kappa shape index (κ3) is 5.76. The Morgan fingerprint density at radius 1 is 1.28 bits per heavy atom. The molecule has 1 aliphatic heterocycles. The number of nitrogens with one attached hydrogen (secondary N) is 1. The van der Waals surface area contributed by atoms with Crippen molar-refractivity contribution in [3.8, 4) is 0 Å². The van der Waals surface area contributed by atoms with Crippen LogP contribution < -0.4 is 5.32 Å². The van der Waals surface area contributed by atoms with Crippen molar-refractivity contribution < 1.29 is 9.59 Å². The summed E-state index contributed by atoms with van der Waals surface area (Å²) in [6.45, 7) is 10.1. The van der Waals surface area contributed by atoms with Gasteiger partial charge in [0.25, 0.3) is 0 Å². The molecule has 0 unspecified atom stereocenters. The standard InChI is InChI=1S/C20H31N3O2/c1-14-8-15(2)10-19(9-14)11-16(3)21-20(25)22(5)12-18-6-7-23(13-18)17(4)24/h8-10,16,18H,6-7,11-13H2,1-5H3,(H,21,25)/t16-,18+/m0/s1. The van der Waals surface area contributed by atoms with E-state index >= 15 is 0 Å². The molecule has 1 fully saturated rings. The van der Waals surface area contributed by atoms with Crippen molar-refractivity contribution in [2.24, 2.45) is 5.92 Å². The highest BCUT2D eigenvalue weighted by atomic mass is 16.2. The van der Waals surface area contributed by atoms with Crippen LogP contribution in [0.4, 0.5) is 4.79 Å². The molecule has 1 aromatic carbocycles. The van der Waals surface area contributed by atoms with E-state index in [4.69, 9.17) is 0 Å². The molecule has 2 atom stereocenters. The van der Waals surface area contributed by atoms with Gasteiger partial charge in [-0.05, 0) is 45.1 Å². The summed E-state index contributed by atoms with van der Waals surface area (Å²) in [5.41, 5.74) is 3.75. The monoisotopic (exact) mass is 345 g/mol. The van der Waals surface area contributed by atoms with E-state index in [9.17, 15) is 9.59 Å². The molecule has 3 amide bonds. The second kappa shape index (κ2) is 8.37. The minimum atomic E-state index is -0.0434. The molecule has 1 aliphatic rings. The quantitative estimate of drug-likeness (QED) is 0.892. The Balaban J connectivity index is 1.81. The first kappa shape index (κ1) is 19.3. The van der Waals surface area contributed by atoms with Gasteiger partial charge in [-0.15, -0.1) is 0 Å². The van der Waals surface area contributed by atoms with Gasteiger partial charge in [-0.2, -0.15) is 0 Å². The number of amides is 3. The van der Waals surface area contributed by atoms with Crippen molar-refractivity contribution in [2.75, 3.05) is 26.7 Å². The highest BCUT2D eigenvalue weighted by Crippen LogP contribution is 2.17. The predicted molar refractivity (Wildman–Crippen MR) is 101 cm³/mol. The lowest BCUT2D eigenvalue weighted by Crippen LogP contribution is -2.44. The number of aryl methyl sites for hydroxylation is 2. The average Bonchev–Trinajstić information content (AvgIpc) is 2.94. The summed E-state index contributed by atoms with van der Waals surface area (Å²) >= 11 is 0. The molecule has 0 spiro atoms. The van der Waals surface area contributed by atoms with Gasteiger partial charge in [0, 0.05) is 39.6 Å². The third-order valence-electron chi connectivity index (χ3n) is 4.80. The van der Waals surface area contributed by atoms with Crippen LogP contribution in [0.2, 0.25) is 0 Å². The highest BCUT2D eigenvalue weighted by molar-refractivity contribution is 5.74. The van der Waals surface area contributed by atoms with Crippen LogP contribution in [-0.2, 0) is 11.2 Å². The Morgan fingerprint density at radius 2 is 1.92 bits per heavy atom. The molecule has 1 saturated heterocycles. The smallest absolute Gasteiger partial charge is 0.317 e. The average molecular weight is 345 g/mol. The lowest BCUT2D eigenvalue weighted by Gasteiger charge is -2.24. The van der Waals surface area contributed by atoms with Crippen molar-refractivity contribution in [1.29, 1.82) is 0 Å². The molecule has 1 heterocycles. The summed E-state index contributed by atoms with van der Waals surface area (Å²) in [6.07, 6.45) is 1.79. The molecule has 25 heavy (non-hydrogen) atoms. The van der Waals surface area contributed by atoms with Gasteiger partial charge in [0.2, 0.25) is 5.91 Å². The number of hydrogen-bond donors (Lipinski definition) is 1. The lowest BCUT2D eigenvalue weighted by atomic mass is 10.0. The third-order valence-corrected chi connectivity index (χ3v) is 4.80. The Hall–Kier alpha value is -2.04. The minimum Gasteiger partial charge on any atom is -0.343 e.